The molecule has 1 aromatic rings. The maximum Gasteiger partial charge on any atom is 0.337 e. The van der Waals surface area contributed by atoms with E-state index >= 15 is 0 Å². The minimum absolute atomic E-state index is 0.148. The van der Waals surface area contributed by atoms with Crippen molar-refractivity contribution < 1.29 is 38.4 Å². The molecule has 0 unspecified atom stereocenters. The predicted molar refractivity (Wildman–Crippen MR) is 134 cm³/mol. The van der Waals surface area contributed by atoms with E-state index in [1.807, 2.05) is 18.2 Å². The lowest BCUT2D eigenvalue weighted by molar-refractivity contribution is -0.159. The lowest BCUT2D eigenvalue weighted by atomic mass is 9.70. The summed E-state index contributed by atoms with van der Waals surface area (Å²) < 4.78 is 22.1. The van der Waals surface area contributed by atoms with Gasteiger partial charge in [0.25, 0.3) is 0 Å². The van der Waals surface area contributed by atoms with Gasteiger partial charge in [-0.1, -0.05) is 19.4 Å². The average Bonchev–Trinajstić information content (AvgIpc) is 3.24. The van der Waals surface area contributed by atoms with Crippen LogP contribution in [0.4, 0.5) is 5.69 Å². The van der Waals surface area contributed by atoms with E-state index in [2.05, 4.69) is 11.8 Å². The summed E-state index contributed by atoms with van der Waals surface area (Å²) >= 11 is 0. The molecule has 0 aliphatic carbocycles. The molecule has 4 atom stereocenters. The third-order valence-corrected chi connectivity index (χ3v) is 7.73. The number of carbonyl (C=O) groups excluding carboxylic acids is 2. The molecule has 0 saturated carbocycles. The normalized spacial score (nSPS) is 26.8. The van der Waals surface area contributed by atoms with Crippen molar-refractivity contribution in [3.8, 4) is 5.75 Å². The van der Waals surface area contributed by atoms with Gasteiger partial charge in [-0.05, 0) is 30.4 Å². The zero-order valence-corrected chi connectivity index (χ0v) is 21.7. The van der Waals surface area contributed by atoms with Crippen LogP contribution in [-0.4, -0.2) is 74.1 Å². The van der Waals surface area contributed by atoms with Gasteiger partial charge in [0, 0.05) is 19.5 Å². The highest BCUT2D eigenvalue weighted by atomic mass is 16.6. The van der Waals surface area contributed by atoms with Crippen molar-refractivity contribution in [3.05, 3.63) is 35.6 Å². The first-order valence-corrected chi connectivity index (χ1v) is 12.5. The van der Waals surface area contributed by atoms with Crippen LogP contribution in [0, 0.1) is 11.8 Å². The number of fused-ring (bicyclic) bond motifs is 5. The number of carboxylic acid groups (broad SMARTS) is 1. The second kappa shape index (κ2) is 10.9. The fourth-order valence-corrected chi connectivity index (χ4v) is 6.04. The van der Waals surface area contributed by atoms with Crippen LogP contribution in [0.25, 0.3) is 0 Å². The molecule has 0 radical (unpaired) electrons. The number of rotatable bonds is 9. The van der Waals surface area contributed by atoms with E-state index < -0.39 is 23.5 Å². The Hall–Kier alpha value is -3.40. The number of esters is 2. The molecular formula is C27H34N2O8. The Bertz CT molecular complexity index is 1130. The van der Waals surface area contributed by atoms with E-state index in [0.29, 0.717) is 47.7 Å². The van der Waals surface area contributed by atoms with Crippen LogP contribution in [0.15, 0.2) is 35.0 Å². The highest BCUT2D eigenvalue weighted by Crippen LogP contribution is 2.53. The Morgan fingerprint density at radius 1 is 1.22 bits per heavy atom. The molecule has 3 aliphatic heterocycles. The third kappa shape index (κ3) is 4.82. The number of hydrogen-bond acceptors (Lipinski definition) is 9. The topological polar surface area (TPSA) is 124 Å². The van der Waals surface area contributed by atoms with E-state index in [-0.39, 0.29) is 30.7 Å². The van der Waals surface area contributed by atoms with Crippen LogP contribution in [0.5, 0.6) is 5.75 Å². The number of benzene rings is 1. The van der Waals surface area contributed by atoms with Crippen LogP contribution in [0.1, 0.15) is 44.6 Å². The van der Waals surface area contributed by atoms with Crippen molar-refractivity contribution in [1.82, 2.24) is 4.90 Å². The van der Waals surface area contributed by atoms with Crippen molar-refractivity contribution in [2.24, 2.45) is 16.8 Å². The van der Waals surface area contributed by atoms with Gasteiger partial charge in [0.15, 0.2) is 5.60 Å². The fraction of sp³-hybridized carbons (Fsp3) is 0.556. The van der Waals surface area contributed by atoms with Gasteiger partial charge in [-0.3, -0.25) is 19.5 Å². The van der Waals surface area contributed by atoms with Crippen LogP contribution >= 0.6 is 0 Å². The molecule has 2 fully saturated rings. The van der Waals surface area contributed by atoms with E-state index in [4.69, 9.17) is 29.0 Å². The molecule has 3 aliphatic rings. The number of aliphatic imine (C=N–C) groups is 1. The lowest BCUT2D eigenvalue weighted by Crippen LogP contribution is -2.61. The van der Waals surface area contributed by atoms with Crippen molar-refractivity contribution in [1.29, 1.82) is 0 Å². The SMILES string of the molecule is CC[C@@H]1CN2CC[C@@]3(OC(=O)CCC(=O)O)C(=Nc4cccc(OC)c43)[C@@H]2C[C@@H]1/C(=C/OC)C(=O)OC. The Balaban J connectivity index is 1.76. The number of piperidine rings is 2. The number of methoxy groups -OCH3 is 3. The summed E-state index contributed by atoms with van der Waals surface area (Å²) in [6.45, 7) is 3.48. The summed E-state index contributed by atoms with van der Waals surface area (Å²) in [6, 6.07) is 5.30. The van der Waals surface area contributed by atoms with E-state index in [0.717, 1.165) is 13.0 Å². The molecule has 0 bridgehead atoms. The standard InChI is InChI=1S/C27H34N2O8/c1-5-16-14-29-12-11-27(37-23(32)10-9-22(30)31)24-19(7-6-8-21(24)35-3)28-25(27)20(29)13-17(16)18(15-34-2)26(33)36-4/h6-8,15-17,20H,5,9-14H2,1-4H3,(H,30,31)/b18-15-/t16-,17+,20+,27+/m1/s1. The third-order valence-electron chi connectivity index (χ3n) is 7.73. The van der Waals surface area contributed by atoms with Gasteiger partial charge in [-0.15, -0.1) is 0 Å². The molecule has 0 spiro atoms. The quantitative estimate of drug-likeness (QED) is 0.300. The Kier molecular flexibility index (Phi) is 7.87. The molecule has 2 saturated heterocycles. The van der Waals surface area contributed by atoms with Crippen LogP contribution in [-0.2, 0) is 34.2 Å². The summed E-state index contributed by atoms with van der Waals surface area (Å²) in [5, 5.41) is 9.08. The van der Waals surface area contributed by atoms with Gasteiger partial charge in [0.1, 0.15) is 5.75 Å². The highest BCUT2D eigenvalue weighted by molar-refractivity contribution is 6.06. The molecule has 3 heterocycles. The summed E-state index contributed by atoms with van der Waals surface area (Å²) in [5.74, 6) is -1.49. The van der Waals surface area contributed by atoms with Gasteiger partial charge >= 0.3 is 17.9 Å². The smallest absolute Gasteiger partial charge is 0.337 e. The first-order chi connectivity index (χ1) is 17.8. The monoisotopic (exact) mass is 514 g/mol. The van der Waals surface area contributed by atoms with Crippen molar-refractivity contribution in [2.45, 2.75) is 50.7 Å². The molecule has 4 rings (SSSR count). The molecular weight excluding hydrogens is 480 g/mol. The second-order valence-corrected chi connectivity index (χ2v) is 9.62. The minimum atomic E-state index is -1.17. The maximum absolute atomic E-state index is 12.9. The number of ether oxygens (including phenoxy) is 4. The van der Waals surface area contributed by atoms with Gasteiger partial charge in [0.05, 0.1) is 69.0 Å². The maximum atomic E-state index is 12.9. The van der Waals surface area contributed by atoms with Crippen molar-refractivity contribution in [2.75, 3.05) is 34.4 Å². The fourth-order valence-electron chi connectivity index (χ4n) is 6.04. The highest BCUT2D eigenvalue weighted by Gasteiger charge is 2.57. The summed E-state index contributed by atoms with van der Waals surface area (Å²) in [6.07, 6.45) is 2.79. The minimum Gasteiger partial charge on any atom is -0.504 e. The molecule has 1 aromatic carbocycles. The summed E-state index contributed by atoms with van der Waals surface area (Å²) in [5.41, 5.74) is 1.34. The predicted octanol–water partition coefficient (Wildman–Crippen LogP) is 3.21. The molecule has 10 heteroatoms. The van der Waals surface area contributed by atoms with Gasteiger partial charge in [-0.2, -0.15) is 0 Å². The first kappa shape index (κ1) is 26.7. The average molecular weight is 515 g/mol. The van der Waals surface area contributed by atoms with Gasteiger partial charge in [0.2, 0.25) is 0 Å². The molecule has 0 aromatic heterocycles. The van der Waals surface area contributed by atoms with E-state index in [9.17, 15) is 14.4 Å². The Labute approximate surface area is 216 Å². The second-order valence-electron chi connectivity index (χ2n) is 9.62. The van der Waals surface area contributed by atoms with E-state index in [1.54, 1.807) is 7.11 Å². The van der Waals surface area contributed by atoms with Crippen LogP contribution in [0.3, 0.4) is 0 Å². The summed E-state index contributed by atoms with van der Waals surface area (Å²) in [4.78, 5) is 44.0. The largest absolute Gasteiger partial charge is 0.504 e. The number of carbonyl (C=O) groups is 3. The van der Waals surface area contributed by atoms with Crippen molar-refractivity contribution >= 4 is 29.3 Å². The van der Waals surface area contributed by atoms with Crippen molar-refractivity contribution in [3.63, 3.8) is 0 Å². The first-order valence-electron chi connectivity index (χ1n) is 12.5. The Morgan fingerprint density at radius 3 is 2.65 bits per heavy atom. The number of aliphatic carboxylic acids is 1. The Morgan fingerprint density at radius 2 is 2.00 bits per heavy atom. The van der Waals surface area contributed by atoms with E-state index in [1.165, 1.54) is 20.5 Å². The van der Waals surface area contributed by atoms with Crippen LogP contribution in [0.2, 0.25) is 0 Å². The number of nitrogens with zero attached hydrogens (tertiary/aromatic N) is 2. The zero-order chi connectivity index (χ0) is 26.7. The number of hydrogen-bond donors (Lipinski definition) is 1. The number of carboxylic acids is 1. The molecule has 1 N–H and O–H groups in total. The van der Waals surface area contributed by atoms with Gasteiger partial charge in [-0.25, -0.2) is 4.79 Å². The molecule has 37 heavy (non-hydrogen) atoms. The molecule has 10 nitrogen and oxygen atoms in total. The van der Waals surface area contributed by atoms with Crippen LogP contribution < -0.4 is 4.74 Å². The molecule has 0 amide bonds. The lowest BCUT2D eigenvalue weighted by Gasteiger charge is -2.51. The van der Waals surface area contributed by atoms with Gasteiger partial charge < -0.3 is 24.1 Å². The zero-order valence-electron chi connectivity index (χ0n) is 21.7. The summed E-state index contributed by atoms with van der Waals surface area (Å²) in [7, 11) is 4.42. The molecule has 200 valence electrons.